The standard InChI is InChI=1S/C21H30O5/c1-5-25-19(23)21(20(24)26-6-2)13-17(14(3)11-12-15(4)22)16-9-7-8-10-18(16)21/h7,9,16,18H,5-6,8,10-13H2,1-4H3/b17-14-. The van der Waals surface area contributed by atoms with Gasteiger partial charge >= 0.3 is 11.9 Å². The van der Waals surface area contributed by atoms with Gasteiger partial charge in [-0.2, -0.15) is 0 Å². The van der Waals surface area contributed by atoms with Crippen LogP contribution < -0.4 is 0 Å². The number of rotatable bonds is 7. The molecule has 2 atom stereocenters. The number of allylic oxidation sites excluding steroid dienone is 4. The third-order valence-electron chi connectivity index (χ3n) is 5.61. The molecule has 5 heteroatoms. The third kappa shape index (κ3) is 3.76. The molecule has 1 saturated carbocycles. The van der Waals surface area contributed by atoms with Crippen LogP contribution in [0.1, 0.15) is 59.8 Å². The normalized spacial score (nSPS) is 25.4. The van der Waals surface area contributed by atoms with Gasteiger partial charge in [0.15, 0.2) is 5.41 Å². The number of fused-ring (bicyclic) bond motifs is 1. The highest BCUT2D eigenvalue weighted by molar-refractivity contribution is 6.01. The van der Waals surface area contributed by atoms with Crippen molar-refractivity contribution in [3.63, 3.8) is 0 Å². The number of ketones is 1. The average molecular weight is 362 g/mol. The van der Waals surface area contributed by atoms with Gasteiger partial charge in [0.1, 0.15) is 5.78 Å². The number of carbonyl (C=O) groups excluding carboxylic acids is 3. The molecule has 0 aromatic rings. The van der Waals surface area contributed by atoms with Crippen molar-refractivity contribution >= 4 is 17.7 Å². The Balaban J connectivity index is 2.49. The van der Waals surface area contributed by atoms with Crippen LogP contribution in [0.3, 0.4) is 0 Å². The second-order valence-corrected chi connectivity index (χ2v) is 7.23. The lowest BCUT2D eigenvalue weighted by Crippen LogP contribution is -2.46. The van der Waals surface area contributed by atoms with E-state index in [1.54, 1.807) is 20.8 Å². The van der Waals surface area contributed by atoms with Crippen LogP contribution in [0.2, 0.25) is 0 Å². The number of esters is 2. The molecule has 1 fully saturated rings. The molecular weight excluding hydrogens is 332 g/mol. The summed E-state index contributed by atoms with van der Waals surface area (Å²) in [4.78, 5) is 37.3. The van der Waals surface area contributed by atoms with Crippen molar-refractivity contribution in [2.45, 2.75) is 59.8 Å². The van der Waals surface area contributed by atoms with E-state index in [0.29, 0.717) is 19.3 Å². The molecule has 0 bridgehead atoms. The lowest BCUT2D eigenvalue weighted by atomic mass is 9.71. The fraction of sp³-hybridized carbons (Fsp3) is 0.667. The minimum atomic E-state index is -1.27. The Hall–Kier alpha value is -1.91. The molecule has 0 heterocycles. The topological polar surface area (TPSA) is 69.7 Å². The molecule has 2 unspecified atom stereocenters. The zero-order valence-corrected chi connectivity index (χ0v) is 16.3. The average Bonchev–Trinajstić information content (AvgIpc) is 2.97. The Bertz CT molecular complexity index is 610. The first-order valence-electron chi connectivity index (χ1n) is 9.57. The summed E-state index contributed by atoms with van der Waals surface area (Å²) < 4.78 is 10.7. The summed E-state index contributed by atoms with van der Waals surface area (Å²) in [5, 5.41) is 0. The highest BCUT2D eigenvalue weighted by Gasteiger charge is 2.62. The Morgan fingerprint density at radius 2 is 1.69 bits per heavy atom. The van der Waals surface area contributed by atoms with Gasteiger partial charge < -0.3 is 14.3 Å². The second-order valence-electron chi connectivity index (χ2n) is 7.23. The van der Waals surface area contributed by atoms with Crippen molar-refractivity contribution in [1.29, 1.82) is 0 Å². The van der Waals surface area contributed by atoms with Crippen LogP contribution in [0.25, 0.3) is 0 Å². The number of hydrogen-bond donors (Lipinski definition) is 0. The fourth-order valence-electron chi connectivity index (χ4n) is 4.30. The molecule has 0 saturated heterocycles. The summed E-state index contributed by atoms with van der Waals surface area (Å²) >= 11 is 0. The van der Waals surface area contributed by atoms with Gasteiger partial charge in [-0.25, -0.2) is 0 Å². The van der Waals surface area contributed by atoms with E-state index in [0.717, 1.165) is 24.0 Å². The Labute approximate surface area is 155 Å². The molecule has 0 aliphatic heterocycles. The van der Waals surface area contributed by atoms with E-state index in [1.165, 1.54) is 0 Å². The predicted molar refractivity (Wildman–Crippen MR) is 98.3 cm³/mol. The van der Waals surface area contributed by atoms with Crippen LogP contribution in [0, 0.1) is 17.3 Å². The highest BCUT2D eigenvalue weighted by atomic mass is 16.6. The molecule has 26 heavy (non-hydrogen) atoms. The Morgan fingerprint density at radius 1 is 1.08 bits per heavy atom. The molecule has 2 aliphatic carbocycles. The molecule has 0 spiro atoms. The maximum absolute atomic E-state index is 12.9. The molecule has 0 N–H and O–H groups in total. The van der Waals surface area contributed by atoms with E-state index >= 15 is 0 Å². The molecule has 5 nitrogen and oxygen atoms in total. The monoisotopic (exact) mass is 362 g/mol. The van der Waals surface area contributed by atoms with Crippen molar-refractivity contribution in [3.05, 3.63) is 23.3 Å². The quantitative estimate of drug-likeness (QED) is 0.392. The second kappa shape index (κ2) is 8.65. The van der Waals surface area contributed by atoms with E-state index in [9.17, 15) is 14.4 Å². The van der Waals surface area contributed by atoms with Gasteiger partial charge in [0.05, 0.1) is 13.2 Å². The van der Waals surface area contributed by atoms with E-state index in [4.69, 9.17) is 9.47 Å². The molecule has 0 aromatic heterocycles. The zero-order valence-electron chi connectivity index (χ0n) is 16.3. The van der Waals surface area contributed by atoms with Crippen LogP contribution >= 0.6 is 0 Å². The van der Waals surface area contributed by atoms with E-state index in [2.05, 4.69) is 12.2 Å². The lowest BCUT2D eigenvalue weighted by Gasteiger charge is -2.33. The van der Waals surface area contributed by atoms with Crippen molar-refractivity contribution in [3.8, 4) is 0 Å². The number of ether oxygens (including phenoxy) is 2. The fourth-order valence-corrected chi connectivity index (χ4v) is 4.30. The largest absolute Gasteiger partial charge is 0.465 e. The van der Waals surface area contributed by atoms with Crippen molar-refractivity contribution < 1.29 is 23.9 Å². The third-order valence-corrected chi connectivity index (χ3v) is 5.61. The molecular formula is C21H30O5. The molecule has 2 aliphatic rings. The van der Waals surface area contributed by atoms with Crippen LogP contribution in [0.5, 0.6) is 0 Å². The minimum Gasteiger partial charge on any atom is -0.465 e. The summed E-state index contributed by atoms with van der Waals surface area (Å²) in [5.74, 6) is -0.922. The van der Waals surface area contributed by atoms with Crippen LogP contribution in [-0.2, 0) is 23.9 Å². The molecule has 0 radical (unpaired) electrons. The SMILES string of the molecule is CCOC(=O)C1(C(=O)OCC)C/C(=C(\C)CCC(C)=O)C2C=CCCC21. The van der Waals surface area contributed by atoms with Gasteiger partial charge in [-0.05, 0) is 59.3 Å². The number of Topliss-reactive ketones (excluding diaryl/α,β-unsaturated/α-hetero) is 1. The zero-order chi connectivity index (χ0) is 19.3. The predicted octanol–water partition coefficient (Wildman–Crippen LogP) is 3.77. The lowest BCUT2D eigenvalue weighted by molar-refractivity contribution is -0.175. The molecule has 2 rings (SSSR count). The van der Waals surface area contributed by atoms with Gasteiger partial charge in [-0.1, -0.05) is 23.3 Å². The summed E-state index contributed by atoms with van der Waals surface area (Å²) in [6, 6.07) is 0. The number of carbonyl (C=O) groups is 3. The van der Waals surface area contributed by atoms with Gasteiger partial charge in [0.2, 0.25) is 0 Å². The molecule has 144 valence electrons. The Kier molecular flexibility index (Phi) is 6.79. The van der Waals surface area contributed by atoms with Crippen molar-refractivity contribution in [2.24, 2.45) is 17.3 Å². The van der Waals surface area contributed by atoms with Crippen LogP contribution in [0.4, 0.5) is 0 Å². The first-order chi connectivity index (χ1) is 12.4. The van der Waals surface area contributed by atoms with Crippen LogP contribution in [0.15, 0.2) is 23.3 Å². The molecule has 0 amide bonds. The van der Waals surface area contributed by atoms with Gasteiger partial charge in [0.25, 0.3) is 0 Å². The smallest absolute Gasteiger partial charge is 0.324 e. The number of hydrogen-bond acceptors (Lipinski definition) is 5. The van der Waals surface area contributed by atoms with Crippen molar-refractivity contribution in [2.75, 3.05) is 13.2 Å². The van der Waals surface area contributed by atoms with E-state index in [1.807, 2.05) is 6.92 Å². The van der Waals surface area contributed by atoms with Crippen molar-refractivity contribution in [1.82, 2.24) is 0 Å². The maximum atomic E-state index is 12.9. The summed E-state index contributed by atoms with van der Waals surface area (Å²) in [6.45, 7) is 7.55. The van der Waals surface area contributed by atoms with Gasteiger partial charge in [-0.15, -0.1) is 0 Å². The van der Waals surface area contributed by atoms with E-state index < -0.39 is 17.4 Å². The summed E-state index contributed by atoms with van der Waals surface area (Å²) in [7, 11) is 0. The highest BCUT2D eigenvalue weighted by Crippen LogP contribution is 2.56. The summed E-state index contributed by atoms with van der Waals surface area (Å²) in [6.07, 6.45) is 7.27. The van der Waals surface area contributed by atoms with Gasteiger partial charge in [0, 0.05) is 12.3 Å². The van der Waals surface area contributed by atoms with Crippen LogP contribution in [-0.4, -0.2) is 30.9 Å². The minimum absolute atomic E-state index is 0.0320. The summed E-state index contributed by atoms with van der Waals surface area (Å²) in [5.41, 5.74) is 0.916. The maximum Gasteiger partial charge on any atom is 0.324 e. The van der Waals surface area contributed by atoms with Gasteiger partial charge in [-0.3, -0.25) is 9.59 Å². The molecule has 0 aromatic carbocycles. The van der Waals surface area contributed by atoms with E-state index in [-0.39, 0.29) is 30.8 Å². The first kappa shape index (κ1) is 20.4. The Morgan fingerprint density at radius 3 is 2.23 bits per heavy atom. The first-order valence-corrected chi connectivity index (χ1v) is 9.57.